The van der Waals surface area contributed by atoms with E-state index in [-0.39, 0.29) is 0 Å². The molecule has 1 aromatic carbocycles. The number of benzene rings is 1. The lowest BCUT2D eigenvalue weighted by Gasteiger charge is -2.06. The van der Waals surface area contributed by atoms with Gasteiger partial charge in [-0.15, -0.1) is 0 Å². The molecule has 0 saturated carbocycles. The maximum atomic E-state index is 5.61. The van der Waals surface area contributed by atoms with Crippen LogP contribution in [0.4, 0.5) is 5.69 Å². The third-order valence-corrected chi connectivity index (χ3v) is 2.19. The van der Waals surface area contributed by atoms with Gasteiger partial charge >= 0.3 is 0 Å². The Morgan fingerprint density at radius 1 is 1.06 bits per heavy atom. The Hall–Kier alpha value is -2.10. The lowest BCUT2D eigenvalue weighted by molar-refractivity contribution is 0.455. The Morgan fingerprint density at radius 2 is 1.75 bits per heavy atom. The van der Waals surface area contributed by atoms with Crippen molar-refractivity contribution in [3.63, 3.8) is 0 Å². The molecule has 0 fully saturated rings. The molecule has 0 aliphatic rings. The van der Waals surface area contributed by atoms with Gasteiger partial charge in [-0.05, 0) is 31.2 Å². The molecule has 0 saturated heterocycles. The summed E-state index contributed by atoms with van der Waals surface area (Å²) in [6, 6.07) is 7.67. The highest BCUT2D eigenvalue weighted by molar-refractivity contribution is 5.46. The minimum absolute atomic E-state index is 0.541. The Kier molecular flexibility index (Phi) is 3.00. The second kappa shape index (κ2) is 4.61. The van der Waals surface area contributed by atoms with Crippen LogP contribution in [0, 0.1) is 6.92 Å². The third-order valence-electron chi connectivity index (χ3n) is 2.19. The number of nitrogens with one attached hydrogen (secondary N) is 1. The average molecular weight is 215 g/mol. The monoisotopic (exact) mass is 215 g/mol. The predicted molar refractivity (Wildman–Crippen MR) is 62.8 cm³/mol. The van der Waals surface area contributed by atoms with Crippen molar-refractivity contribution in [1.29, 1.82) is 0 Å². The molecule has 2 aromatic rings. The van der Waals surface area contributed by atoms with Gasteiger partial charge < -0.3 is 10.1 Å². The van der Waals surface area contributed by atoms with Crippen molar-refractivity contribution in [3.05, 3.63) is 42.4 Å². The van der Waals surface area contributed by atoms with Gasteiger partial charge in [0.15, 0.2) is 0 Å². The molecule has 4 heteroatoms. The number of rotatable bonds is 3. The molecule has 0 atom stereocenters. The fraction of sp³-hybridized carbons (Fsp3) is 0.167. The van der Waals surface area contributed by atoms with Gasteiger partial charge in [0, 0.05) is 25.1 Å². The number of hydrogen-bond acceptors (Lipinski definition) is 4. The van der Waals surface area contributed by atoms with Crippen molar-refractivity contribution in [3.8, 4) is 11.6 Å². The van der Waals surface area contributed by atoms with Crippen LogP contribution in [0.1, 0.15) is 5.69 Å². The normalized spacial score (nSPS) is 9.88. The largest absolute Gasteiger partial charge is 0.437 e. The van der Waals surface area contributed by atoms with Crippen LogP contribution in [-0.4, -0.2) is 17.0 Å². The topological polar surface area (TPSA) is 47.0 Å². The summed E-state index contributed by atoms with van der Waals surface area (Å²) in [7, 11) is 1.88. The molecule has 0 bridgehead atoms. The maximum absolute atomic E-state index is 5.61. The predicted octanol–water partition coefficient (Wildman–Crippen LogP) is 2.62. The van der Waals surface area contributed by atoms with Crippen LogP contribution in [0.5, 0.6) is 11.6 Å². The van der Waals surface area contributed by atoms with E-state index in [0.717, 1.165) is 17.1 Å². The lowest BCUT2D eigenvalue weighted by Crippen LogP contribution is -1.93. The molecule has 2 rings (SSSR count). The first-order valence-electron chi connectivity index (χ1n) is 5.03. The highest BCUT2D eigenvalue weighted by Gasteiger charge is 2.02. The molecule has 0 aliphatic carbocycles. The number of anilines is 1. The van der Waals surface area contributed by atoms with E-state index in [4.69, 9.17) is 4.74 Å². The molecule has 0 aliphatic heterocycles. The SMILES string of the molecule is CNc1ccc(Oc2nccnc2C)cc1. The smallest absolute Gasteiger partial charge is 0.240 e. The highest BCUT2D eigenvalue weighted by Crippen LogP contribution is 2.22. The van der Waals surface area contributed by atoms with Crippen LogP contribution < -0.4 is 10.1 Å². The number of hydrogen-bond donors (Lipinski definition) is 1. The number of aryl methyl sites for hydroxylation is 1. The summed E-state index contributed by atoms with van der Waals surface area (Å²) < 4.78 is 5.61. The van der Waals surface area contributed by atoms with Crippen molar-refractivity contribution < 1.29 is 4.74 Å². The highest BCUT2D eigenvalue weighted by atomic mass is 16.5. The van der Waals surface area contributed by atoms with Gasteiger partial charge in [0.1, 0.15) is 5.75 Å². The fourth-order valence-corrected chi connectivity index (χ4v) is 1.30. The van der Waals surface area contributed by atoms with Crippen molar-refractivity contribution >= 4 is 5.69 Å². The van der Waals surface area contributed by atoms with Gasteiger partial charge in [-0.2, -0.15) is 0 Å². The fourth-order valence-electron chi connectivity index (χ4n) is 1.30. The summed E-state index contributed by atoms with van der Waals surface area (Å²) in [4.78, 5) is 8.22. The summed E-state index contributed by atoms with van der Waals surface area (Å²) in [6.45, 7) is 1.87. The first kappa shape index (κ1) is 10.4. The molecule has 4 nitrogen and oxygen atoms in total. The van der Waals surface area contributed by atoms with Crippen LogP contribution in [0.15, 0.2) is 36.7 Å². The van der Waals surface area contributed by atoms with E-state index in [2.05, 4.69) is 15.3 Å². The van der Waals surface area contributed by atoms with E-state index < -0.39 is 0 Å². The van der Waals surface area contributed by atoms with Crippen molar-refractivity contribution in [2.75, 3.05) is 12.4 Å². The first-order valence-corrected chi connectivity index (χ1v) is 5.03. The molecule has 1 heterocycles. The molecule has 82 valence electrons. The van der Waals surface area contributed by atoms with Gasteiger partial charge in [0.05, 0.1) is 5.69 Å². The number of nitrogens with zero attached hydrogens (tertiary/aromatic N) is 2. The molecule has 1 aromatic heterocycles. The zero-order valence-electron chi connectivity index (χ0n) is 9.27. The quantitative estimate of drug-likeness (QED) is 0.855. The minimum Gasteiger partial charge on any atom is -0.437 e. The zero-order chi connectivity index (χ0) is 11.4. The third kappa shape index (κ3) is 2.28. The second-order valence-corrected chi connectivity index (χ2v) is 3.32. The summed E-state index contributed by atoms with van der Waals surface area (Å²) >= 11 is 0. The van der Waals surface area contributed by atoms with E-state index >= 15 is 0 Å². The van der Waals surface area contributed by atoms with E-state index in [9.17, 15) is 0 Å². The van der Waals surface area contributed by atoms with E-state index in [1.165, 1.54) is 0 Å². The Bertz CT molecular complexity index is 468. The molecular formula is C12H13N3O. The number of ether oxygens (including phenoxy) is 1. The van der Waals surface area contributed by atoms with Crippen LogP contribution in [-0.2, 0) is 0 Å². The van der Waals surface area contributed by atoms with Gasteiger partial charge in [-0.25, -0.2) is 4.98 Å². The van der Waals surface area contributed by atoms with Gasteiger partial charge in [0.2, 0.25) is 5.88 Å². The summed E-state index contributed by atoms with van der Waals surface area (Å²) in [5.41, 5.74) is 1.82. The summed E-state index contributed by atoms with van der Waals surface area (Å²) in [5.74, 6) is 1.29. The summed E-state index contributed by atoms with van der Waals surface area (Å²) in [6.07, 6.45) is 3.26. The molecular weight excluding hydrogens is 202 g/mol. The van der Waals surface area contributed by atoms with Crippen molar-refractivity contribution in [2.45, 2.75) is 6.92 Å². The Labute approximate surface area is 94.3 Å². The van der Waals surface area contributed by atoms with Crippen molar-refractivity contribution in [2.24, 2.45) is 0 Å². The summed E-state index contributed by atoms with van der Waals surface area (Å²) in [5, 5.41) is 3.05. The Morgan fingerprint density at radius 3 is 2.38 bits per heavy atom. The average Bonchev–Trinajstić information content (AvgIpc) is 2.33. The van der Waals surface area contributed by atoms with Crippen LogP contribution >= 0.6 is 0 Å². The maximum Gasteiger partial charge on any atom is 0.240 e. The van der Waals surface area contributed by atoms with Gasteiger partial charge in [-0.3, -0.25) is 4.98 Å². The van der Waals surface area contributed by atoms with Gasteiger partial charge in [-0.1, -0.05) is 0 Å². The molecule has 0 amide bonds. The zero-order valence-corrected chi connectivity index (χ0v) is 9.27. The molecule has 0 unspecified atom stereocenters. The van der Waals surface area contributed by atoms with Crippen LogP contribution in [0.3, 0.4) is 0 Å². The lowest BCUT2D eigenvalue weighted by atomic mass is 10.3. The molecule has 1 N–H and O–H groups in total. The van der Waals surface area contributed by atoms with Crippen LogP contribution in [0.2, 0.25) is 0 Å². The van der Waals surface area contributed by atoms with E-state index in [0.29, 0.717) is 5.88 Å². The molecule has 16 heavy (non-hydrogen) atoms. The van der Waals surface area contributed by atoms with E-state index in [1.807, 2.05) is 38.2 Å². The Balaban J connectivity index is 2.18. The molecule has 0 radical (unpaired) electrons. The number of aromatic nitrogens is 2. The minimum atomic E-state index is 0.541. The van der Waals surface area contributed by atoms with Crippen LogP contribution in [0.25, 0.3) is 0 Å². The molecule has 0 spiro atoms. The van der Waals surface area contributed by atoms with E-state index in [1.54, 1.807) is 12.4 Å². The standard InChI is InChI=1S/C12H13N3O/c1-9-12(15-8-7-14-9)16-11-5-3-10(13-2)4-6-11/h3-8,13H,1-2H3. The second-order valence-electron chi connectivity index (χ2n) is 3.32. The van der Waals surface area contributed by atoms with Crippen molar-refractivity contribution in [1.82, 2.24) is 9.97 Å². The first-order chi connectivity index (χ1) is 7.79. The van der Waals surface area contributed by atoms with Gasteiger partial charge in [0.25, 0.3) is 0 Å².